The fraction of sp³-hybridized carbons (Fsp3) is 0.438. The van der Waals surface area contributed by atoms with Crippen molar-refractivity contribution in [2.24, 2.45) is 0 Å². The van der Waals surface area contributed by atoms with Crippen LogP contribution in [0.25, 0.3) is 0 Å². The van der Waals surface area contributed by atoms with E-state index in [0.717, 1.165) is 11.0 Å². The standard InChI is InChI=1S/C16H19FN2O3/c1-15(2,3)22-14(21)19(5)16(4,10-20)12-6-7-13(17)11(8-12)9-18/h6-8,10H,1-5H3. The first-order valence-corrected chi connectivity index (χ1v) is 6.68. The Morgan fingerprint density at radius 2 is 1.95 bits per heavy atom. The third kappa shape index (κ3) is 3.61. The number of ether oxygens (including phenoxy) is 1. The van der Waals surface area contributed by atoms with Crippen molar-refractivity contribution in [3.05, 3.63) is 35.1 Å². The Hall–Kier alpha value is -2.42. The number of hydrogen-bond acceptors (Lipinski definition) is 4. The Morgan fingerprint density at radius 1 is 1.36 bits per heavy atom. The van der Waals surface area contributed by atoms with E-state index in [1.165, 1.54) is 26.1 Å². The van der Waals surface area contributed by atoms with E-state index in [1.54, 1.807) is 26.8 Å². The van der Waals surface area contributed by atoms with E-state index in [2.05, 4.69) is 0 Å². The van der Waals surface area contributed by atoms with Gasteiger partial charge in [0.15, 0.2) is 0 Å². The van der Waals surface area contributed by atoms with Crippen molar-refractivity contribution in [1.82, 2.24) is 4.90 Å². The predicted molar refractivity (Wildman–Crippen MR) is 78.5 cm³/mol. The zero-order valence-corrected chi connectivity index (χ0v) is 13.3. The summed E-state index contributed by atoms with van der Waals surface area (Å²) in [6, 6.07) is 5.43. The van der Waals surface area contributed by atoms with Crippen molar-refractivity contribution >= 4 is 12.4 Å². The molecule has 0 bridgehead atoms. The van der Waals surface area contributed by atoms with Gasteiger partial charge in [0.25, 0.3) is 0 Å². The number of carbonyl (C=O) groups is 2. The van der Waals surface area contributed by atoms with Crippen LogP contribution < -0.4 is 0 Å². The molecule has 0 fully saturated rings. The number of aldehydes is 1. The fourth-order valence-corrected chi connectivity index (χ4v) is 1.79. The summed E-state index contributed by atoms with van der Waals surface area (Å²) in [5, 5.41) is 8.90. The lowest BCUT2D eigenvalue weighted by Gasteiger charge is -2.35. The maximum atomic E-state index is 13.4. The van der Waals surface area contributed by atoms with Crippen LogP contribution in [0.2, 0.25) is 0 Å². The van der Waals surface area contributed by atoms with Crippen LogP contribution in [-0.2, 0) is 15.1 Å². The number of halogens is 1. The molecule has 0 saturated carbocycles. The van der Waals surface area contributed by atoms with Crippen molar-refractivity contribution in [3.8, 4) is 6.07 Å². The molecule has 1 aromatic rings. The van der Waals surface area contributed by atoms with Crippen LogP contribution in [0.3, 0.4) is 0 Å². The smallest absolute Gasteiger partial charge is 0.411 e. The predicted octanol–water partition coefficient (Wildman–Crippen LogP) is 2.98. The zero-order chi connectivity index (χ0) is 17.1. The molecule has 0 heterocycles. The molecule has 0 N–H and O–H groups in total. The number of nitriles is 1. The molecule has 1 rings (SSSR count). The molecule has 1 atom stereocenters. The van der Waals surface area contributed by atoms with Gasteiger partial charge >= 0.3 is 6.09 Å². The molecule has 6 heteroatoms. The summed E-state index contributed by atoms with van der Waals surface area (Å²) in [5.74, 6) is -0.681. The van der Waals surface area contributed by atoms with E-state index in [-0.39, 0.29) is 5.56 Å². The van der Waals surface area contributed by atoms with Gasteiger partial charge in [0, 0.05) is 7.05 Å². The van der Waals surface area contributed by atoms with Gasteiger partial charge < -0.3 is 9.53 Å². The van der Waals surface area contributed by atoms with Crippen LogP contribution in [-0.4, -0.2) is 29.9 Å². The Balaban J connectivity index is 3.24. The molecule has 22 heavy (non-hydrogen) atoms. The number of likely N-dealkylation sites (N-methyl/N-ethyl adjacent to an activating group) is 1. The van der Waals surface area contributed by atoms with Gasteiger partial charge in [-0.25, -0.2) is 9.18 Å². The zero-order valence-electron chi connectivity index (χ0n) is 13.3. The second-order valence-corrected chi connectivity index (χ2v) is 6.11. The molecular formula is C16H19FN2O3. The summed E-state index contributed by atoms with van der Waals surface area (Å²) in [6.45, 7) is 6.63. The lowest BCUT2D eigenvalue weighted by Crippen LogP contribution is -2.48. The quantitative estimate of drug-likeness (QED) is 0.805. The second-order valence-electron chi connectivity index (χ2n) is 6.11. The summed E-state index contributed by atoms with van der Waals surface area (Å²) in [7, 11) is 1.41. The van der Waals surface area contributed by atoms with Crippen molar-refractivity contribution in [3.63, 3.8) is 0 Å². The van der Waals surface area contributed by atoms with Crippen molar-refractivity contribution < 1.29 is 18.7 Å². The molecule has 1 aromatic carbocycles. The summed E-state index contributed by atoms with van der Waals surface area (Å²) in [6.07, 6.45) is -0.129. The summed E-state index contributed by atoms with van der Waals surface area (Å²) < 4.78 is 18.7. The average molecular weight is 306 g/mol. The average Bonchev–Trinajstić information content (AvgIpc) is 2.44. The third-order valence-corrected chi connectivity index (χ3v) is 3.26. The Kier molecular flexibility index (Phi) is 4.92. The van der Waals surface area contributed by atoms with Crippen molar-refractivity contribution in [1.29, 1.82) is 5.26 Å². The number of rotatable bonds is 3. The van der Waals surface area contributed by atoms with Crippen LogP contribution in [0.15, 0.2) is 18.2 Å². The largest absolute Gasteiger partial charge is 0.444 e. The Morgan fingerprint density at radius 3 is 2.41 bits per heavy atom. The van der Waals surface area contributed by atoms with Crippen LogP contribution in [0.1, 0.15) is 38.8 Å². The van der Waals surface area contributed by atoms with E-state index in [9.17, 15) is 14.0 Å². The first-order chi connectivity index (χ1) is 10.0. The lowest BCUT2D eigenvalue weighted by molar-refractivity contribution is -0.117. The monoisotopic (exact) mass is 306 g/mol. The SMILES string of the molecule is CN(C(=O)OC(C)(C)C)C(C)(C=O)c1ccc(F)c(C#N)c1. The van der Waals surface area contributed by atoms with Gasteiger partial charge in [-0.15, -0.1) is 0 Å². The highest BCUT2D eigenvalue weighted by Gasteiger charge is 2.37. The molecule has 0 aliphatic heterocycles. The van der Waals surface area contributed by atoms with E-state index >= 15 is 0 Å². The molecule has 0 spiro atoms. The molecule has 1 unspecified atom stereocenters. The number of benzene rings is 1. The highest BCUT2D eigenvalue weighted by molar-refractivity contribution is 5.78. The number of nitrogens with zero attached hydrogens (tertiary/aromatic N) is 2. The van der Waals surface area contributed by atoms with Crippen molar-refractivity contribution in [2.45, 2.75) is 38.8 Å². The van der Waals surface area contributed by atoms with Crippen LogP contribution in [0.4, 0.5) is 9.18 Å². The first-order valence-electron chi connectivity index (χ1n) is 6.68. The molecule has 118 valence electrons. The van der Waals surface area contributed by atoms with Gasteiger partial charge in [-0.2, -0.15) is 5.26 Å². The van der Waals surface area contributed by atoms with Gasteiger partial charge in [0.05, 0.1) is 5.56 Å². The normalized spacial score (nSPS) is 13.7. The molecule has 0 radical (unpaired) electrons. The first kappa shape index (κ1) is 17.6. The summed E-state index contributed by atoms with van der Waals surface area (Å²) in [4.78, 5) is 24.9. The van der Waals surface area contributed by atoms with Gasteiger partial charge in [0.2, 0.25) is 0 Å². The number of hydrogen-bond donors (Lipinski definition) is 0. The van der Waals surface area contributed by atoms with Crippen LogP contribution in [0.5, 0.6) is 0 Å². The van der Waals surface area contributed by atoms with Crippen molar-refractivity contribution in [2.75, 3.05) is 7.05 Å². The van der Waals surface area contributed by atoms with Gasteiger partial charge in [-0.1, -0.05) is 6.07 Å². The molecular weight excluding hydrogens is 287 g/mol. The van der Waals surface area contributed by atoms with Crippen LogP contribution in [0, 0.1) is 17.1 Å². The Bertz CT molecular complexity index is 631. The topological polar surface area (TPSA) is 70.4 Å². The summed E-state index contributed by atoms with van der Waals surface area (Å²) >= 11 is 0. The summed E-state index contributed by atoms with van der Waals surface area (Å²) in [5.41, 5.74) is -1.95. The van der Waals surface area contributed by atoms with Gasteiger partial charge in [-0.05, 0) is 45.4 Å². The van der Waals surface area contributed by atoms with E-state index in [1.807, 2.05) is 0 Å². The Labute approximate surface area is 129 Å². The van der Waals surface area contributed by atoms with E-state index in [0.29, 0.717) is 11.8 Å². The highest BCUT2D eigenvalue weighted by atomic mass is 19.1. The molecule has 0 saturated heterocycles. The molecule has 0 aliphatic carbocycles. The lowest BCUT2D eigenvalue weighted by atomic mass is 9.91. The second kappa shape index (κ2) is 6.14. The molecule has 0 aliphatic rings. The van der Waals surface area contributed by atoms with Crippen LogP contribution >= 0.6 is 0 Å². The molecule has 5 nitrogen and oxygen atoms in total. The van der Waals surface area contributed by atoms with E-state index in [4.69, 9.17) is 10.00 Å². The number of amides is 1. The maximum Gasteiger partial charge on any atom is 0.411 e. The van der Waals surface area contributed by atoms with Gasteiger partial charge in [-0.3, -0.25) is 4.90 Å². The maximum absolute atomic E-state index is 13.4. The molecule has 1 amide bonds. The minimum atomic E-state index is -1.37. The fourth-order valence-electron chi connectivity index (χ4n) is 1.79. The minimum Gasteiger partial charge on any atom is -0.444 e. The third-order valence-electron chi connectivity index (χ3n) is 3.26. The highest BCUT2D eigenvalue weighted by Crippen LogP contribution is 2.28. The van der Waals surface area contributed by atoms with E-state index < -0.39 is 23.1 Å². The van der Waals surface area contributed by atoms with Gasteiger partial charge in [0.1, 0.15) is 29.3 Å². The molecule has 0 aromatic heterocycles. The number of carbonyl (C=O) groups excluding carboxylic acids is 2. The minimum absolute atomic E-state index is 0.192.